The number of amides is 1. The average Bonchev–Trinajstić information content (AvgIpc) is 3.13. The van der Waals surface area contributed by atoms with Gasteiger partial charge in [-0.25, -0.2) is 4.98 Å². The second-order valence-corrected chi connectivity index (χ2v) is 6.54. The molecule has 26 heavy (non-hydrogen) atoms. The van der Waals surface area contributed by atoms with Crippen LogP contribution in [0, 0.1) is 0 Å². The van der Waals surface area contributed by atoms with Gasteiger partial charge in [0.2, 0.25) is 12.7 Å². The number of pyridine rings is 1. The minimum absolute atomic E-state index is 0.115. The minimum Gasteiger partial charge on any atom is -0.496 e. The molecule has 3 aromatic rings. The second kappa shape index (κ2) is 7.13. The zero-order valence-corrected chi connectivity index (χ0v) is 14.8. The molecular formula is C19H16N2O4S. The summed E-state index contributed by atoms with van der Waals surface area (Å²) in [5, 5.41) is 5.60. The lowest BCUT2D eigenvalue weighted by molar-refractivity contribution is -0.113. The Morgan fingerprint density at radius 3 is 2.96 bits per heavy atom. The second-order valence-electron chi connectivity index (χ2n) is 5.58. The summed E-state index contributed by atoms with van der Waals surface area (Å²) in [4.78, 5) is 16.7. The van der Waals surface area contributed by atoms with Crippen molar-refractivity contribution in [3.05, 3.63) is 48.7 Å². The molecule has 0 bridgehead atoms. The van der Waals surface area contributed by atoms with E-state index >= 15 is 0 Å². The Bertz CT molecular complexity index is 977. The van der Waals surface area contributed by atoms with Crippen LogP contribution in [-0.2, 0) is 4.79 Å². The molecule has 1 aliphatic heterocycles. The van der Waals surface area contributed by atoms with E-state index in [4.69, 9.17) is 14.2 Å². The van der Waals surface area contributed by atoms with E-state index in [1.807, 2.05) is 24.3 Å². The van der Waals surface area contributed by atoms with E-state index in [1.165, 1.54) is 11.8 Å². The predicted octanol–water partition coefficient (Wildman–Crippen LogP) is 3.70. The number of thioether (sulfide) groups is 1. The first-order valence-corrected chi connectivity index (χ1v) is 8.97. The Kier molecular flexibility index (Phi) is 4.53. The third kappa shape index (κ3) is 3.25. The molecule has 1 N–H and O–H groups in total. The molecular weight excluding hydrogens is 352 g/mol. The molecule has 0 atom stereocenters. The molecule has 0 aliphatic carbocycles. The van der Waals surface area contributed by atoms with Gasteiger partial charge in [-0.05, 0) is 24.3 Å². The zero-order valence-electron chi connectivity index (χ0n) is 14.0. The summed E-state index contributed by atoms with van der Waals surface area (Å²) in [7, 11) is 1.64. The summed E-state index contributed by atoms with van der Waals surface area (Å²) >= 11 is 1.39. The quantitative estimate of drug-likeness (QED) is 0.693. The molecule has 0 radical (unpaired) electrons. The largest absolute Gasteiger partial charge is 0.496 e. The van der Waals surface area contributed by atoms with Crippen molar-refractivity contribution < 1.29 is 19.0 Å². The summed E-state index contributed by atoms with van der Waals surface area (Å²) in [6, 6.07) is 13.0. The number of rotatable bonds is 5. The summed E-state index contributed by atoms with van der Waals surface area (Å²) in [6.07, 6.45) is 1.73. The Labute approximate surface area is 154 Å². The predicted molar refractivity (Wildman–Crippen MR) is 100 cm³/mol. The number of carbonyl (C=O) groups is 1. The first-order chi connectivity index (χ1) is 12.7. The number of hydrogen-bond acceptors (Lipinski definition) is 6. The average molecular weight is 368 g/mol. The van der Waals surface area contributed by atoms with Gasteiger partial charge < -0.3 is 19.5 Å². The third-order valence-corrected chi connectivity index (χ3v) is 4.95. The van der Waals surface area contributed by atoms with Crippen molar-refractivity contribution in [2.75, 3.05) is 25.0 Å². The van der Waals surface area contributed by atoms with Crippen LogP contribution in [0.5, 0.6) is 17.2 Å². The van der Waals surface area contributed by atoms with Crippen LogP contribution in [0.25, 0.3) is 10.8 Å². The highest BCUT2D eigenvalue weighted by atomic mass is 32.2. The molecule has 132 valence electrons. The molecule has 0 spiro atoms. The maximum atomic E-state index is 12.3. The number of ether oxygens (including phenoxy) is 3. The van der Waals surface area contributed by atoms with Crippen molar-refractivity contribution in [3.8, 4) is 17.2 Å². The summed E-state index contributed by atoms with van der Waals surface area (Å²) < 4.78 is 16.0. The molecule has 0 saturated heterocycles. The Morgan fingerprint density at radius 1 is 1.19 bits per heavy atom. The SMILES string of the molecule is COc1cccc2c(SCC(=O)Nc3ccc4c(c3)OCO4)nccc12. The van der Waals surface area contributed by atoms with Gasteiger partial charge in [0.1, 0.15) is 10.8 Å². The molecule has 2 aromatic carbocycles. The number of hydrogen-bond donors (Lipinski definition) is 1. The number of nitrogens with one attached hydrogen (secondary N) is 1. The summed E-state index contributed by atoms with van der Waals surface area (Å²) in [5.41, 5.74) is 0.674. The minimum atomic E-state index is -0.115. The fraction of sp³-hybridized carbons (Fsp3) is 0.158. The van der Waals surface area contributed by atoms with Gasteiger partial charge in [0, 0.05) is 28.7 Å². The lowest BCUT2D eigenvalue weighted by Gasteiger charge is -2.09. The van der Waals surface area contributed by atoms with E-state index in [9.17, 15) is 4.79 Å². The fourth-order valence-electron chi connectivity index (χ4n) is 2.75. The maximum absolute atomic E-state index is 12.3. The Hall–Kier alpha value is -2.93. The van der Waals surface area contributed by atoms with E-state index in [0.717, 1.165) is 21.5 Å². The lowest BCUT2D eigenvalue weighted by atomic mass is 10.1. The summed E-state index contributed by atoms with van der Waals surface area (Å²) in [5.74, 6) is 2.24. The van der Waals surface area contributed by atoms with Crippen molar-refractivity contribution in [2.45, 2.75) is 5.03 Å². The van der Waals surface area contributed by atoms with Gasteiger partial charge in [-0.2, -0.15) is 0 Å². The van der Waals surface area contributed by atoms with Crippen molar-refractivity contribution in [1.29, 1.82) is 0 Å². The first kappa shape index (κ1) is 16.5. The molecule has 2 heterocycles. The lowest BCUT2D eigenvalue weighted by Crippen LogP contribution is -2.14. The van der Waals surface area contributed by atoms with E-state index in [2.05, 4.69) is 10.3 Å². The molecule has 6 nitrogen and oxygen atoms in total. The number of aromatic nitrogens is 1. The van der Waals surface area contributed by atoms with Gasteiger partial charge in [-0.1, -0.05) is 23.9 Å². The van der Waals surface area contributed by atoms with Gasteiger partial charge >= 0.3 is 0 Å². The van der Waals surface area contributed by atoms with Crippen molar-refractivity contribution in [2.24, 2.45) is 0 Å². The third-order valence-electron chi connectivity index (χ3n) is 3.95. The molecule has 1 amide bonds. The highest BCUT2D eigenvalue weighted by Gasteiger charge is 2.15. The molecule has 7 heteroatoms. The van der Waals surface area contributed by atoms with Crippen LogP contribution >= 0.6 is 11.8 Å². The van der Waals surface area contributed by atoms with Crippen LogP contribution in [0.4, 0.5) is 5.69 Å². The van der Waals surface area contributed by atoms with E-state index in [0.29, 0.717) is 17.2 Å². The van der Waals surface area contributed by atoms with Crippen LogP contribution < -0.4 is 19.5 Å². The molecule has 0 unspecified atom stereocenters. The van der Waals surface area contributed by atoms with E-state index in [1.54, 1.807) is 31.5 Å². The van der Waals surface area contributed by atoms with Crippen molar-refractivity contribution >= 4 is 34.1 Å². The monoisotopic (exact) mass is 368 g/mol. The number of nitrogens with zero attached hydrogens (tertiary/aromatic N) is 1. The number of benzene rings is 2. The van der Waals surface area contributed by atoms with Gasteiger partial charge in [0.05, 0.1) is 12.9 Å². The molecule has 0 saturated carbocycles. The molecule has 4 rings (SSSR count). The highest BCUT2D eigenvalue weighted by Crippen LogP contribution is 2.34. The highest BCUT2D eigenvalue weighted by molar-refractivity contribution is 8.00. The summed E-state index contributed by atoms with van der Waals surface area (Å²) in [6.45, 7) is 0.207. The van der Waals surface area contributed by atoms with Gasteiger partial charge in [0.15, 0.2) is 11.5 Å². The number of carbonyl (C=O) groups excluding carboxylic acids is 1. The zero-order chi connectivity index (χ0) is 17.9. The Balaban J connectivity index is 1.45. The first-order valence-electron chi connectivity index (χ1n) is 7.98. The maximum Gasteiger partial charge on any atom is 0.234 e. The van der Waals surface area contributed by atoms with Crippen LogP contribution in [0.1, 0.15) is 0 Å². The van der Waals surface area contributed by atoms with Gasteiger partial charge in [0.25, 0.3) is 0 Å². The number of anilines is 1. The van der Waals surface area contributed by atoms with E-state index in [-0.39, 0.29) is 18.5 Å². The van der Waals surface area contributed by atoms with Crippen LogP contribution in [0.2, 0.25) is 0 Å². The number of fused-ring (bicyclic) bond motifs is 2. The molecule has 0 fully saturated rings. The normalized spacial score (nSPS) is 12.2. The fourth-order valence-corrected chi connectivity index (χ4v) is 3.56. The van der Waals surface area contributed by atoms with Crippen molar-refractivity contribution in [3.63, 3.8) is 0 Å². The Morgan fingerprint density at radius 2 is 2.08 bits per heavy atom. The standard InChI is InChI=1S/C19H16N2O4S/c1-23-15-4-2-3-14-13(15)7-8-20-19(14)26-10-18(22)21-12-5-6-16-17(9-12)25-11-24-16/h2-9H,10-11H2,1H3,(H,21,22). The van der Waals surface area contributed by atoms with E-state index < -0.39 is 0 Å². The van der Waals surface area contributed by atoms with Crippen LogP contribution in [0.3, 0.4) is 0 Å². The topological polar surface area (TPSA) is 69.7 Å². The van der Waals surface area contributed by atoms with Gasteiger partial charge in [-0.15, -0.1) is 0 Å². The molecule has 1 aliphatic rings. The van der Waals surface area contributed by atoms with Crippen LogP contribution in [0.15, 0.2) is 53.7 Å². The smallest absolute Gasteiger partial charge is 0.234 e. The van der Waals surface area contributed by atoms with Crippen molar-refractivity contribution in [1.82, 2.24) is 4.98 Å². The molecule has 1 aromatic heterocycles. The number of methoxy groups -OCH3 is 1. The van der Waals surface area contributed by atoms with Crippen LogP contribution in [-0.4, -0.2) is 30.5 Å². The van der Waals surface area contributed by atoms with Gasteiger partial charge in [-0.3, -0.25) is 4.79 Å².